The molecular weight excluding hydrogens is 266 g/mol. The average molecular weight is 289 g/mol. The quantitative estimate of drug-likeness (QED) is 0.684. The van der Waals surface area contributed by atoms with E-state index in [4.69, 9.17) is 10.00 Å². The fourth-order valence-corrected chi connectivity index (χ4v) is 1.82. The van der Waals surface area contributed by atoms with Crippen LogP contribution in [0.4, 0.5) is 0 Å². The Morgan fingerprint density at radius 1 is 1.38 bits per heavy atom. The molecule has 5 nitrogen and oxygen atoms in total. The van der Waals surface area contributed by atoms with Crippen LogP contribution in [0.2, 0.25) is 0 Å². The van der Waals surface area contributed by atoms with Gasteiger partial charge in [-0.3, -0.25) is 9.69 Å². The van der Waals surface area contributed by atoms with Gasteiger partial charge < -0.3 is 9.64 Å². The molecular formula is C16H23N3O2. The Kier molecular flexibility index (Phi) is 7.27. The van der Waals surface area contributed by atoms with Gasteiger partial charge in [-0.25, -0.2) is 0 Å². The maximum Gasteiger partial charge on any atom is 0.236 e. The number of amides is 1. The molecule has 0 heterocycles. The van der Waals surface area contributed by atoms with E-state index in [0.717, 1.165) is 19.5 Å². The predicted molar refractivity (Wildman–Crippen MR) is 82.1 cm³/mol. The van der Waals surface area contributed by atoms with Gasteiger partial charge >= 0.3 is 0 Å². The van der Waals surface area contributed by atoms with Crippen molar-refractivity contribution in [2.24, 2.45) is 0 Å². The summed E-state index contributed by atoms with van der Waals surface area (Å²) < 4.78 is 5.62. The number of benzene rings is 1. The first-order valence-corrected chi connectivity index (χ1v) is 7.12. The van der Waals surface area contributed by atoms with E-state index in [9.17, 15) is 4.79 Å². The third-order valence-electron chi connectivity index (χ3n) is 3.16. The molecule has 0 fully saturated rings. The van der Waals surface area contributed by atoms with Crippen LogP contribution in [0.25, 0.3) is 0 Å². The summed E-state index contributed by atoms with van der Waals surface area (Å²) in [4.78, 5) is 15.4. The van der Waals surface area contributed by atoms with E-state index >= 15 is 0 Å². The van der Waals surface area contributed by atoms with E-state index in [2.05, 4.69) is 11.0 Å². The van der Waals surface area contributed by atoms with Crippen molar-refractivity contribution in [3.8, 4) is 11.8 Å². The van der Waals surface area contributed by atoms with Crippen LogP contribution >= 0.6 is 0 Å². The molecule has 0 saturated carbocycles. The smallest absolute Gasteiger partial charge is 0.236 e. The number of nitrogens with zero attached hydrogens (tertiary/aromatic N) is 3. The number of hydrogen-bond acceptors (Lipinski definition) is 4. The molecule has 5 heteroatoms. The highest BCUT2D eigenvalue weighted by Gasteiger charge is 2.10. The molecule has 114 valence electrons. The number of rotatable bonds is 8. The van der Waals surface area contributed by atoms with Crippen LogP contribution in [0, 0.1) is 11.3 Å². The summed E-state index contributed by atoms with van der Waals surface area (Å²) in [5.74, 6) is 0.820. The second kappa shape index (κ2) is 8.98. The van der Waals surface area contributed by atoms with Crippen LogP contribution in [-0.2, 0) is 4.79 Å². The molecule has 0 aliphatic carbocycles. The average Bonchev–Trinajstić information content (AvgIpc) is 2.50. The van der Waals surface area contributed by atoms with E-state index in [0.29, 0.717) is 24.5 Å². The molecule has 0 atom stereocenters. The van der Waals surface area contributed by atoms with Crippen molar-refractivity contribution < 1.29 is 9.53 Å². The van der Waals surface area contributed by atoms with Crippen LogP contribution in [0.1, 0.15) is 18.9 Å². The number of likely N-dealkylation sites (N-methyl/N-ethyl adjacent to an activating group) is 2. The van der Waals surface area contributed by atoms with E-state index in [1.807, 2.05) is 19.1 Å². The maximum atomic E-state index is 11.7. The highest BCUT2D eigenvalue weighted by molar-refractivity contribution is 5.77. The molecule has 0 aliphatic heterocycles. The monoisotopic (exact) mass is 289 g/mol. The molecule has 0 unspecified atom stereocenters. The van der Waals surface area contributed by atoms with Crippen LogP contribution < -0.4 is 4.74 Å². The van der Waals surface area contributed by atoms with Gasteiger partial charge in [0.05, 0.1) is 24.8 Å². The maximum absolute atomic E-state index is 11.7. The fourth-order valence-electron chi connectivity index (χ4n) is 1.82. The molecule has 0 bridgehead atoms. The number of carbonyl (C=O) groups excluding carboxylic acids is 1. The van der Waals surface area contributed by atoms with Crippen molar-refractivity contribution >= 4 is 5.91 Å². The number of ether oxygens (including phenoxy) is 1. The minimum absolute atomic E-state index is 0.111. The lowest BCUT2D eigenvalue weighted by Crippen LogP contribution is -2.37. The van der Waals surface area contributed by atoms with Gasteiger partial charge in [-0.05, 0) is 31.2 Å². The summed E-state index contributed by atoms with van der Waals surface area (Å²) in [5.41, 5.74) is 0.597. The number of hydrogen-bond donors (Lipinski definition) is 0. The van der Waals surface area contributed by atoms with Gasteiger partial charge in [0.25, 0.3) is 0 Å². The van der Waals surface area contributed by atoms with Gasteiger partial charge in [0.2, 0.25) is 5.91 Å². The highest BCUT2D eigenvalue weighted by Crippen LogP contribution is 2.12. The molecule has 1 rings (SSSR count). The molecule has 1 aromatic rings. The zero-order valence-corrected chi connectivity index (χ0v) is 13.0. The lowest BCUT2D eigenvalue weighted by atomic mass is 10.2. The third kappa shape index (κ3) is 6.28. The topological polar surface area (TPSA) is 56.6 Å². The molecule has 0 N–H and O–H groups in total. The predicted octanol–water partition coefficient (Wildman–Crippen LogP) is 1.74. The Labute approximate surface area is 126 Å². The summed E-state index contributed by atoms with van der Waals surface area (Å²) in [5, 5.41) is 8.82. The standard InChI is InChI=1S/C16H23N3O2/c1-4-19(13-16(20)18(2)3)9-6-10-21-15-8-5-7-14(11-15)12-17/h5,7-8,11H,4,6,9-10,13H2,1-3H3. The number of nitriles is 1. The summed E-state index contributed by atoms with van der Waals surface area (Å²) in [6, 6.07) is 9.21. The van der Waals surface area contributed by atoms with E-state index in [1.54, 1.807) is 31.1 Å². The Bertz CT molecular complexity index is 495. The molecule has 0 aliphatic rings. The van der Waals surface area contributed by atoms with Gasteiger partial charge in [0, 0.05) is 20.6 Å². The van der Waals surface area contributed by atoms with Crippen LogP contribution in [0.15, 0.2) is 24.3 Å². The van der Waals surface area contributed by atoms with Gasteiger partial charge in [-0.1, -0.05) is 13.0 Å². The second-order valence-corrected chi connectivity index (χ2v) is 5.00. The van der Waals surface area contributed by atoms with Crippen LogP contribution in [-0.4, -0.2) is 56.0 Å². The lowest BCUT2D eigenvalue weighted by molar-refractivity contribution is -0.129. The normalized spacial score (nSPS) is 10.2. The number of carbonyl (C=O) groups is 1. The van der Waals surface area contributed by atoms with Crippen molar-refractivity contribution in [3.63, 3.8) is 0 Å². The third-order valence-corrected chi connectivity index (χ3v) is 3.16. The summed E-state index contributed by atoms with van der Waals surface area (Å²) >= 11 is 0. The first-order valence-electron chi connectivity index (χ1n) is 7.12. The van der Waals surface area contributed by atoms with Crippen molar-refractivity contribution in [2.45, 2.75) is 13.3 Å². The van der Waals surface area contributed by atoms with Gasteiger partial charge in [-0.15, -0.1) is 0 Å². The van der Waals surface area contributed by atoms with Crippen LogP contribution in [0.3, 0.4) is 0 Å². The van der Waals surface area contributed by atoms with Gasteiger partial charge in [0.15, 0.2) is 0 Å². The van der Waals surface area contributed by atoms with Crippen molar-refractivity contribution in [2.75, 3.05) is 40.3 Å². The minimum Gasteiger partial charge on any atom is -0.494 e. The van der Waals surface area contributed by atoms with Crippen LogP contribution in [0.5, 0.6) is 5.75 Å². The molecule has 21 heavy (non-hydrogen) atoms. The molecule has 0 radical (unpaired) electrons. The Balaban J connectivity index is 2.31. The van der Waals surface area contributed by atoms with Crippen molar-refractivity contribution in [3.05, 3.63) is 29.8 Å². The first kappa shape index (κ1) is 17.0. The molecule has 0 spiro atoms. The van der Waals surface area contributed by atoms with E-state index < -0.39 is 0 Å². The molecule has 0 saturated heterocycles. The second-order valence-electron chi connectivity index (χ2n) is 5.00. The largest absolute Gasteiger partial charge is 0.494 e. The first-order chi connectivity index (χ1) is 10.1. The SMILES string of the molecule is CCN(CCCOc1cccc(C#N)c1)CC(=O)N(C)C. The fraction of sp³-hybridized carbons (Fsp3) is 0.500. The Morgan fingerprint density at radius 3 is 2.76 bits per heavy atom. The summed E-state index contributed by atoms with van der Waals surface area (Å²) in [6.07, 6.45) is 0.839. The van der Waals surface area contributed by atoms with Gasteiger partial charge in [0.1, 0.15) is 5.75 Å². The Morgan fingerprint density at radius 2 is 2.14 bits per heavy atom. The Hall–Kier alpha value is -2.06. The summed E-state index contributed by atoms with van der Waals surface area (Å²) in [7, 11) is 3.53. The lowest BCUT2D eigenvalue weighted by Gasteiger charge is -2.21. The van der Waals surface area contributed by atoms with Crippen molar-refractivity contribution in [1.29, 1.82) is 5.26 Å². The van der Waals surface area contributed by atoms with Gasteiger partial charge in [-0.2, -0.15) is 5.26 Å². The minimum atomic E-state index is 0.111. The zero-order chi connectivity index (χ0) is 15.7. The molecule has 0 aromatic heterocycles. The van der Waals surface area contributed by atoms with Crippen molar-refractivity contribution in [1.82, 2.24) is 9.80 Å². The van der Waals surface area contributed by atoms with E-state index in [1.165, 1.54) is 0 Å². The highest BCUT2D eigenvalue weighted by atomic mass is 16.5. The van der Waals surface area contributed by atoms with E-state index in [-0.39, 0.29) is 5.91 Å². The molecule has 1 amide bonds. The zero-order valence-electron chi connectivity index (χ0n) is 13.0. The molecule has 1 aromatic carbocycles. The summed E-state index contributed by atoms with van der Waals surface area (Å²) in [6.45, 7) is 4.70.